The maximum absolute atomic E-state index is 6.42. The van der Waals surface area contributed by atoms with Crippen LogP contribution in [0.15, 0.2) is 296 Å². The lowest BCUT2D eigenvalue weighted by Crippen LogP contribution is -2.33. The predicted octanol–water partition coefficient (Wildman–Crippen LogP) is 19.6. The number of rotatable bonds is 6. The molecule has 410 valence electrons. The highest BCUT2D eigenvalue weighted by molar-refractivity contribution is 6.06. The smallest absolute Gasteiger partial charge is 0.0716 e. The first-order chi connectivity index (χ1) is 41.3. The van der Waals surface area contributed by atoms with E-state index in [1.54, 1.807) is 0 Å². The molecule has 15 rings (SSSR count). The molecule has 11 aromatic carbocycles. The van der Waals surface area contributed by atoms with Crippen molar-refractivity contribution in [3.63, 3.8) is 0 Å². The zero-order valence-electron chi connectivity index (χ0n) is 48.0. The van der Waals surface area contributed by atoms with E-state index in [0.717, 1.165) is 79.2 Å². The number of nitrogens with one attached hydrogen (secondary N) is 1. The second kappa shape index (κ2) is 23.5. The van der Waals surface area contributed by atoms with Gasteiger partial charge in [0.1, 0.15) is 0 Å². The third kappa shape index (κ3) is 10.1. The number of benzene rings is 11. The molecule has 5 N–H and O–H groups in total. The number of anilines is 4. The van der Waals surface area contributed by atoms with Crippen LogP contribution in [0, 0.1) is 13.8 Å². The Morgan fingerprint density at radius 1 is 0.429 bits per heavy atom. The Labute approximate surface area is 495 Å². The molecule has 0 bridgehead atoms. The molecule has 11 aromatic rings. The first kappa shape index (κ1) is 53.4. The SMILES string of the molecule is Cc1c2ccccc2c(CN(c2ccccc2)c2ccccc2N)c2ccccc12.Cc1ccc2c(c1)C1(C3=CCCC=C3Cc3ccccc3-c3ccccc3C2)c2ccccc2-c2ccccc21.NC1=CCCC=C1Nc1ccccc1. The van der Waals surface area contributed by atoms with Gasteiger partial charge in [-0.2, -0.15) is 0 Å². The van der Waals surface area contributed by atoms with Gasteiger partial charge in [-0.1, -0.05) is 242 Å². The van der Waals surface area contributed by atoms with Crippen molar-refractivity contribution in [2.75, 3.05) is 16.0 Å². The molecule has 0 radical (unpaired) electrons. The van der Waals surface area contributed by atoms with E-state index >= 15 is 0 Å². The minimum Gasteiger partial charge on any atom is -0.397 e. The molecule has 1 spiro atoms. The summed E-state index contributed by atoms with van der Waals surface area (Å²) in [5.41, 5.74) is 38.7. The molecule has 0 saturated carbocycles. The van der Waals surface area contributed by atoms with Crippen LogP contribution in [-0.4, -0.2) is 0 Å². The summed E-state index contributed by atoms with van der Waals surface area (Å²) in [7, 11) is 0. The van der Waals surface area contributed by atoms with E-state index in [1.807, 2.05) is 54.6 Å². The third-order valence-electron chi connectivity index (χ3n) is 17.5. The van der Waals surface area contributed by atoms with Gasteiger partial charge in [-0.3, -0.25) is 0 Å². The highest BCUT2D eigenvalue weighted by atomic mass is 15.1. The van der Waals surface area contributed by atoms with Gasteiger partial charge in [0.25, 0.3) is 0 Å². The van der Waals surface area contributed by atoms with Crippen molar-refractivity contribution in [1.82, 2.24) is 0 Å². The van der Waals surface area contributed by atoms with Crippen molar-refractivity contribution in [1.29, 1.82) is 0 Å². The lowest BCUT2D eigenvalue weighted by atomic mass is 9.62. The fraction of sp³-hybridized carbons (Fsp3) is 0.125. The molecule has 4 heteroatoms. The molecule has 4 nitrogen and oxygen atoms in total. The summed E-state index contributed by atoms with van der Waals surface area (Å²) in [5, 5.41) is 8.50. The number of fused-ring (bicyclic) bond motifs is 14. The van der Waals surface area contributed by atoms with Crippen LogP contribution in [0.2, 0.25) is 0 Å². The van der Waals surface area contributed by atoms with E-state index in [0.29, 0.717) is 0 Å². The largest absolute Gasteiger partial charge is 0.397 e. The lowest BCUT2D eigenvalue weighted by molar-refractivity contribution is 0.719. The van der Waals surface area contributed by atoms with Crippen molar-refractivity contribution in [3.8, 4) is 22.3 Å². The Morgan fingerprint density at radius 2 is 0.940 bits per heavy atom. The van der Waals surface area contributed by atoms with Crippen molar-refractivity contribution < 1.29 is 0 Å². The van der Waals surface area contributed by atoms with Crippen molar-refractivity contribution >= 4 is 44.3 Å². The summed E-state index contributed by atoms with van der Waals surface area (Å²) < 4.78 is 0. The van der Waals surface area contributed by atoms with Crippen LogP contribution in [0.25, 0.3) is 43.8 Å². The second-order valence-electron chi connectivity index (χ2n) is 22.6. The minimum atomic E-state index is -0.352. The average molecular weight is 1090 g/mol. The van der Waals surface area contributed by atoms with Gasteiger partial charge < -0.3 is 21.7 Å². The molecule has 0 atom stereocenters. The van der Waals surface area contributed by atoms with Crippen LogP contribution in [0.1, 0.15) is 75.8 Å². The number of hydrogen-bond donors (Lipinski definition) is 3. The number of hydrogen-bond acceptors (Lipinski definition) is 4. The Kier molecular flexibility index (Phi) is 15.0. The molecule has 0 saturated heterocycles. The first-order valence-corrected chi connectivity index (χ1v) is 29.7. The van der Waals surface area contributed by atoms with Gasteiger partial charge >= 0.3 is 0 Å². The molecule has 0 aliphatic heterocycles. The second-order valence-corrected chi connectivity index (χ2v) is 22.6. The van der Waals surface area contributed by atoms with E-state index < -0.39 is 0 Å². The predicted molar refractivity (Wildman–Crippen MR) is 356 cm³/mol. The maximum atomic E-state index is 6.42. The van der Waals surface area contributed by atoms with Gasteiger partial charge in [0, 0.05) is 17.9 Å². The summed E-state index contributed by atoms with van der Waals surface area (Å²) in [6.07, 6.45) is 15.4. The van der Waals surface area contributed by atoms with Gasteiger partial charge in [-0.15, -0.1) is 0 Å². The van der Waals surface area contributed by atoms with E-state index in [-0.39, 0.29) is 5.41 Å². The Morgan fingerprint density at radius 3 is 1.58 bits per heavy atom. The number of para-hydroxylation sites is 4. The number of nitrogens with zero attached hydrogens (tertiary/aromatic N) is 1. The third-order valence-corrected chi connectivity index (χ3v) is 17.5. The molecule has 0 fully saturated rings. The van der Waals surface area contributed by atoms with E-state index in [2.05, 4.69) is 242 Å². The van der Waals surface area contributed by atoms with Gasteiger partial charge in [0.05, 0.1) is 28.2 Å². The fourth-order valence-electron chi connectivity index (χ4n) is 13.6. The van der Waals surface area contributed by atoms with Crippen LogP contribution < -0.4 is 21.7 Å². The highest BCUT2D eigenvalue weighted by Gasteiger charge is 2.49. The summed E-state index contributed by atoms with van der Waals surface area (Å²) in [6, 6.07) is 89.8. The van der Waals surface area contributed by atoms with Gasteiger partial charge in [0.2, 0.25) is 0 Å². The number of nitrogens with two attached hydrogens (primary N) is 2. The molecule has 0 aromatic heterocycles. The standard InChI is InChI=1S/C40H32.C28H24N2.C12H14N2/c1-27-22-23-31-26-29-13-3-6-16-33(29)32-15-5-2-12-28(32)25-30-14-4-9-19-36(30)40(39(31)24-27)37-20-10-7-17-34(37)35-18-8-11-21-38(35)40;1-20-22-13-5-7-15-24(22)26(25-16-8-6-14-23(20)25)19-30(21-11-3-2-4-12-21)28-18-10-9-17-27(28)29;13-11-8-4-5-9-12(11)14-10-6-2-1-3-7-10/h2-3,5-8,10-24H,4,9,25-26H2,1H3;2-18H,19,29H2,1H3;1-3,6-9,14H,4-5,13H2. The van der Waals surface area contributed by atoms with Gasteiger partial charge in [0.15, 0.2) is 0 Å². The zero-order valence-corrected chi connectivity index (χ0v) is 48.0. The Bertz CT molecular complexity index is 4270. The molecule has 84 heavy (non-hydrogen) atoms. The van der Waals surface area contributed by atoms with Crippen LogP contribution in [0.4, 0.5) is 22.7 Å². The van der Waals surface area contributed by atoms with E-state index in [1.165, 1.54) is 105 Å². The molecule has 4 aliphatic carbocycles. The van der Waals surface area contributed by atoms with Gasteiger partial charge in [-0.05, 0) is 188 Å². The normalized spacial score (nSPS) is 14.3. The fourth-order valence-corrected chi connectivity index (χ4v) is 13.6. The van der Waals surface area contributed by atoms with Crippen molar-refractivity contribution in [3.05, 3.63) is 346 Å². The molecule has 0 unspecified atom stereocenters. The number of aryl methyl sites for hydroxylation is 2. The van der Waals surface area contributed by atoms with Crippen LogP contribution in [-0.2, 0) is 24.8 Å². The topological polar surface area (TPSA) is 67.3 Å². The van der Waals surface area contributed by atoms with Crippen molar-refractivity contribution in [2.45, 2.75) is 64.3 Å². The maximum Gasteiger partial charge on any atom is 0.0716 e. The van der Waals surface area contributed by atoms with Crippen LogP contribution >= 0.6 is 0 Å². The summed E-state index contributed by atoms with van der Waals surface area (Å²) in [6.45, 7) is 5.21. The summed E-state index contributed by atoms with van der Waals surface area (Å²) in [5.74, 6) is 0. The first-order valence-electron chi connectivity index (χ1n) is 29.7. The van der Waals surface area contributed by atoms with E-state index in [9.17, 15) is 0 Å². The summed E-state index contributed by atoms with van der Waals surface area (Å²) in [4.78, 5) is 2.32. The molecular weight excluding hydrogens is 1020 g/mol. The number of allylic oxidation sites excluding steroid dienone is 6. The quantitative estimate of drug-likeness (QED) is 0.115. The van der Waals surface area contributed by atoms with Crippen molar-refractivity contribution in [2.24, 2.45) is 5.73 Å². The zero-order chi connectivity index (χ0) is 57.0. The molecule has 4 aliphatic rings. The van der Waals surface area contributed by atoms with Crippen LogP contribution in [0.5, 0.6) is 0 Å². The molecule has 0 heterocycles. The molecule has 0 amide bonds. The summed E-state index contributed by atoms with van der Waals surface area (Å²) >= 11 is 0. The molecular formula is C80H70N4. The van der Waals surface area contributed by atoms with Crippen LogP contribution in [0.3, 0.4) is 0 Å². The average Bonchev–Trinajstić information content (AvgIpc) is 2.17. The lowest BCUT2D eigenvalue weighted by Gasteiger charge is -2.40. The monoisotopic (exact) mass is 1090 g/mol. The highest BCUT2D eigenvalue weighted by Crippen LogP contribution is 2.60. The van der Waals surface area contributed by atoms with E-state index in [4.69, 9.17) is 11.5 Å². The number of nitrogen functional groups attached to an aromatic ring is 1. The van der Waals surface area contributed by atoms with Gasteiger partial charge in [-0.25, -0.2) is 0 Å². The Balaban J connectivity index is 0.000000131. The minimum absolute atomic E-state index is 0.352. The Hall–Kier alpha value is -9.90.